The van der Waals surface area contributed by atoms with Crippen molar-refractivity contribution in [2.45, 2.75) is 75.8 Å². The van der Waals surface area contributed by atoms with Gasteiger partial charge < -0.3 is 12.4 Å². The van der Waals surface area contributed by atoms with Gasteiger partial charge in [-0.15, -0.1) is 0 Å². The molecule has 0 aliphatic heterocycles. The van der Waals surface area contributed by atoms with Crippen LogP contribution in [0.15, 0.2) is 0 Å². The Balaban J connectivity index is 0.000000980. The van der Waals surface area contributed by atoms with E-state index in [1.165, 1.54) is 64.2 Å². The first kappa shape index (κ1) is 12.4. The smallest absolute Gasteiger partial charge is 1.00 e. The summed E-state index contributed by atoms with van der Waals surface area (Å²) in [6, 6.07) is 0. The summed E-state index contributed by atoms with van der Waals surface area (Å²) in [7, 11) is 2.72. The van der Waals surface area contributed by atoms with Gasteiger partial charge in [0.2, 0.25) is 0 Å². The van der Waals surface area contributed by atoms with Gasteiger partial charge in [0.05, 0.1) is 0 Å². The van der Waals surface area contributed by atoms with Crippen LogP contribution in [0.4, 0.5) is 0 Å². The average molecular weight is 213 g/mol. The Labute approximate surface area is 95.9 Å². The molecule has 0 N–H and O–H groups in total. The normalized spacial score (nSPS) is 25.1. The molecule has 2 fully saturated rings. The van der Waals surface area contributed by atoms with Gasteiger partial charge in [0.25, 0.3) is 0 Å². The molecule has 0 radical (unpaired) electrons. The van der Waals surface area contributed by atoms with Crippen molar-refractivity contribution >= 4 is 7.28 Å². The predicted molar refractivity (Wildman–Crippen MR) is 59.4 cm³/mol. The second-order valence-corrected chi connectivity index (χ2v) is 4.99. The van der Waals surface area contributed by atoms with Crippen LogP contribution in [0.1, 0.15) is 64.2 Å². The van der Waals surface area contributed by atoms with Crippen molar-refractivity contribution in [1.82, 2.24) is 0 Å². The van der Waals surface area contributed by atoms with Gasteiger partial charge in [-0.3, -0.25) is 0 Å². The van der Waals surface area contributed by atoms with Crippen LogP contribution in [0.25, 0.3) is 0 Å². The minimum Gasteiger partial charge on any atom is -1.00 e. The average Bonchev–Trinajstić information content (AvgIpc) is 2.21. The quantitative estimate of drug-likeness (QED) is 0.604. The van der Waals surface area contributed by atoms with Gasteiger partial charge in [-0.25, -0.2) is 0 Å². The van der Waals surface area contributed by atoms with Crippen LogP contribution in [0.5, 0.6) is 0 Å². The van der Waals surface area contributed by atoms with Gasteiger partial charge in [-0.05, 0) is 0 Å². The minimum atomic E-state index is 0. The summed E-state index contributed by atoms with van der Waals surface area (Å²) in [6.45, 7) is 0. The molecule has 80 valence electrons. The fourth-order valence-corrected chi connectivity index (χ4v) is 3.04. The van der Waals surface area contributed by atoms with E-state index < -0.39 is 0 Å². The monoisotopic (exact) mass is 212 g/mol. The van der Waals surface area contributed by atoms with Crippen molar-refractivity contribution in [2.24, 2.45) is 0 Å². The van der Waals surface area contributed by atoms with Gasteiger partial charge in [-0.2, -0.15) is 0 Å². The largest absolute Gasteiger partial charge is 1.00 e. The molecule has 14 heavy (non-hydrogen) atoms. The van der Waals surface area contributed by atoms with Crippen molar-refractivity contribution in [1.29, 1.82) is 0 Å². The maximum atomic E-state index is 2.72. The molecular formula is C12H22BCl. The first-order chi connectivity index (χ1) is 6.45. The van der Waals surface area contributed by atoms with Crippen molar-refractivity contribution < 1.29 is 12.4 Å². The molecule has 0 spiro atoms. The molecule has 2 aliphatic rings. The van der Waals surface area contributed by atoms with Crippen LogP contribution < -0.4 is 12.4 Å². The summed E-state index contributed by atoms with van der Waals surface area (Å²) in [5, 5.41) is 0. The van der Waals surface area contributed by atoms with E-state index in [1.54, 1.807) is 0 Å². The number of hydrogen-bond donors (Lipinski definition) is 0. The van der Waals surface area contributed by atoms with Crippen LogP contribution in [-0.4, -0.2) is 7.28 Å². The van der Waals surface area contributed by atoms with Crippen LogP contribution >= 0.6 is 0 Å². The molecule has 0 atom stereocenters. The van der Waals surface area contributed by atoms with E-state index in [-0.39, 0.29) is 12.4 Å². The Morgan fingerprint density at radius 1 is 0.571 bits per heavy atom. The van der Waals surface area contributed by atoms with Crippen LogP contribution in [0.2, 0.25) is 11.6 Å². The van der Waals surface area contributed by atoms with E-state index in [9.17, 15) is 0 Å². The van der Waals surface area contributed by atoms with Crippen molar-refractivity contribution in [2.75, 3.05) is 0 Å². The number of halogens is 1. The van der Waals surface area contributed by atoms with Gasteiger partial charge in [-0.1, -0.05) is 0 Å². The molecule has 0 aromatic heterocycles. The topological polar surface area (TPSA) is 0 Å². The minimum absolute atomic E-state index is 0. The molecule has 0 amide bonds. The standard InChI is InChI=1S/C12H22B.ClH/c1-3-7-11(8-4-1)13-12-9-5-2-6-10-12;/h11-12H,1-10H2;1H/q+1;/p-1. The summed E-state index contributed by atoms with van der Waals surface area (Å²) < 4.78 is 0. The van der Waals surface area contributed by atoms with Crippen molar-refractivity contribution in [3.8, 4) is 0 Å². The third kappa shape index (κ3) is 3.84. The third-order valence-electron chi connectivity index (χ3n) is 3.84. The Hall–Kier alpha value is 0.355. The molecule has 0 aromatic carbocycles. The van der Waals surface area contributed by atoms with Crippen molar-refractivity contribution in [3.63, 3.8) is 0 Å². The van der Waals surface area contributed by atoms with Crippen LogP contribution in [0, 0.1) is 0 Å². The Morgan fingerprint density at radius 3 is 1.29 bits per heavy atom. The molecule has 2 heteroatoms. The molecule has 0 nitrogen and oxygen atoms in total. The zero-order valence-corrected chi connectivity index (χ0v) is 9.94. The molecule has 2 saturated carbocycles. The number of hydrogen-bond acceptors (Lipinski definition) is 0. The molecule has 2 aliphatic carbocycles. The first-order valence-corrected chi connectivity index (χ1v) is 6.30. The molecule has 0 unspecified atom stereocenters. The van der Waals surface area contributed by atoms with E-state index in [1.807, 2.05) is 0 Å². The third-order valence-corrected chi connectivity index (χ3v) is 3.84. The Kier molecular flexibility index (Phi) is 6.01. The van der Waals surface area contributed by atoms with E-state index in [0.717, 1.165) is 11.6 Å². The maximum Gasteiger partial charge on any atom is -1.00 e. The summed E-state index contributed by atoms with van der Waals surface area (Å²) in [6.07, 6.45) is 15.0. The van der Waals surface area contributed by atoms with E-state index in [4.69, 9.17) is 0 Å². The molecule has 0 bridgehead atoms. The first-order valence-electron chi connectivity index (χ1n) is 6.30. The summed E-state index contributed by atoms with van der Waals surface area (Å²) in [5.74, 6) is 1.99. The molecule has 0 saturated heterocycles. The zero-order valence-electron chi connectivity index (χ0n) is 9.18. The van der Waals surface area contributed by atoms with Crippen LogP contribution in [0.3, 0.4) is 0 Å². The fourth-order valence-electron chi connectivity index (χ4n) is 3.04. The second kappa shape index (κ2) is 6.77. The Bertz CT molecular complexity index is 121. The van der Waals surface area contributed by atoms with Crippen LogP contribution in [-0.2, 0) is 0 Å². The van der Waals surface area contributed by atoms with Gasteiger partial charge in [0.1, 0.15) is 0 Å². The molecule has 0 heterocycles. The van der Waals surface area contributed by atoms with E-state index in [2.05, 4.69) is 7.28 Å². The molecule has 0 aromatic rings. The fraction of sp³-hybridized carbons (Fsp3) is 1.00. The number of rotatable bonds is 2. The van der Waals surface area contributed by atoms with Gasteiger partial charge >= 0.3 is 83.1 Å². The van der Waals surface area contributed by atoms with Gasteiger partial charge in [0, 0.05) is 0 Å². The SMILES string of the molecule is [B+](C1CCCCC1)C1CCCCC1.[Cl-]. The second-order valence-electron chi connectivity index (χ2n) is 4.99. The summed E-state index contributed by atoms with van der Waals surface area (Å²) >= 11 is 0. The zero-order chi connectivity index (χ0) is 8.93. The maximum absolute atomic E-state index is 2.72. The molecular weight excluding hydrogens is 190 g/mol. The predicted octanol–water partition coefficient (Wildman–Crippen LogP) is 1.20. The summed E-state index contributed by atoms with van der Waals surface area (Å²) in [4.78, 5) is 0. The van der Waals surface area contributed by atoms with E-state index in [0.29, 0.717) is 0 Å². The van der Waals surface area contributed by atoms with E-state index >= 15 is 0 Å². The summed E-state index contributed by atoms with van der Waals surface area (Å²) in [5.41, 5.74) is 0. The van der Waals surface area contributed by atoms with Gasteiger partial charge in [0.15, 0.2) is 0 Å². The molecule has 2 rings (SSSR count). The van der Waals surface area contributed by atoms with Crippen molar-refractivity contribution in [3.05, 3.63) is 0 Å². The Morgan fingerprint density at radius 2 is 0.929 bits per heavy atom.